The fourth-order valence-electron chi connectivity index (χ4n) is 0. The Morgan fingerprint density at radius 3 is 1.80 bits per heavy atom. The minimum atomic E-state index is -2.40. The van der Waals surface area contributed by atoms with Crippen LogP contribution in [-0.4, -0.2) is 4.89 Å². The van der Waals surface area contributed by atoms with E-state index >= 15 is 0 Å². The molecule has 0 amide bonds. The second-order valence-corrected chi connectivity index (χ2v) is 1.55. The third-order valence-electron chi connectivity index (χ3n) is 0. The lowest BCUT2D eigenvalue weighted by atomic mass is 15.9. The highest BCUT2D eigenvalue weighted by Gasteiger charge is 1.95. The van der Waals surface area contributed by atoms with Crippen LogP contribution in [0.25, 0.3) is 0 Å². The van der Waals surface area contributed by atoms with Crippen molar-refractivity contribution in [1.82, 2.24) is 0 Å². The average Bonchev–Trinajstić information content (AvgIpc) is 0.811. The van der Waals surface area contributed by atoms with Crippen molar-refractivity contribution >= 4 is 31.0 Å². The van der Waals surface area contributed by atoms with Gasteiger partial charge >= 0.3 is 7.38 Å². The smallest absolute Gasteiger partial charge is 0.147 e. The van der Waals surface area contributed by atoms with Gasteiger partial charge in [0.15, 0.2) is 0 Å². The second-order valence-electron chi connectivity index (χ2n) is 0.226. The van der Waals surface area contributed by atoms with Gasteiger partial charge < -0.3 is 0 Å². The van der Waals surface area contributed by atoms with Crippen LogP contribution in [0.15, 0.2) is 0 Å². The van der Waals surface area contributed by atoms with Gasteiger partial charge in [-0.1, -0.05) is 0 Å². The molecule has 0 heterocycles. The molecule has 5 heavy (non-hydrogen) atoms. The minimum absolute atomic E-state index is 0. The molecule has 0 radical (unpaired) electrons. The molecule has 0 spiro atoms. The monoisotopic (exact) mass is 135 g/mol. The lowest BCUT2D eigenvalue weighted by molar-refractivity contribution is 0.518. The van der Waals surface area contributed by atoms with E-state index in [2.05, 4.69) is 11.2 Å². The summed E-state index contributed by atoms with van der Waals surface area (Å²) in [5.41, 5.74) is 0. The highest BCUT2D eigenvalue weighted by atomic mass is 35.7. The molecule has 0 fully saturated rings. The van der Waals surface area contributed by atoms with Crippen LogP contribution in [0.5, 0.6) is 0 Å². The molecule has 1 atom stereocenters. The molecule has 0 saturated carbocycles. The van der Waals surface area contributed by atoms with E-state index in [-0.39, 0.29) is 12.4 Å². The molecule has 0 aromatic rings. The predicted molar refractivity (Wildman–Crippen MR) is 22.9 cm³/mol. The molecule has 0 aromatic carbocycles. The molecular weight excluding hydrogens is 134 g/mol. The van der Waals surface area contributed by atoms with Gasteiger partial charge in [0.1, 0.15) is 0 Å². The van der Waals surface area contributed by atoms with Gasteiger partial charge in [0.2, 0.25) is 11.2 Å². The van der Waals surface area contributed by atoms with Crippen molar-refractivity contribution in [3.05, 3.63) is 0 Å². The first-order valence-corrected chi connectivity index (χ1v) is 2.67. The molecule has 32 valence electrons. The molecule has 0 rings (SSSR count). The van der Waals surface area contributed by atoms with Crippen LogP contribution in [0.1, 0.15) is 0 Å². The summed E-state index contributed by atoms with van der Waals surface area (Å²) in [4.78, 5) is 7.33. The van der Waals surface area contributed by atoms with Crippen molar-refractivity contribution in [2.24, 2.45) is 0 Å². The van der Waals surface area contributed by atoms with E-state index in [1.165, 1.54) is 0 Å². The van der Waals surface area contributed by atoms with E-state index in [1.54, 1.807) is 0 Å². The first-order chi connectivity index (χ1) is 1.73. The zero-order valence-electron chi connectivity index (χ0n) is 2.09. The van der Waals surface area contributed by atoms with Crippen molar-refractivity contribution in [3.8, 4) is 0 Å². The van der Waals surface area contributed by atoms with Gasteiger partial charge in [-0.3, -0.25) is 0 Å². The van der Waals surface area contributed by atoms with Crippen LogP contribution in [0, 0.1) is 0 Å². The Morgan fingerprint density at radius 2 is 1.80 bits per heavy atom. The number of halogens is 2. The van der Waals surface area contributed by atoms with Gasteiger partial charge in [-0.15, -0.1) is 17.3 Å². The molecule has 0 aromatic heterocycles. The van der Waals surface area contributed by atoms with E-state index in [0.29, 0.717) is 0 Å². The summed E-state index contributed by atoms with van der Waals surface area (Å²) in [5.74, 6) is 0. The van der Waals surface area contributed by atoms with E-state index in [1.807, 2.05) is 0 Å². The predicted octanol–water partition coefficient (Wildman–Crippen LogP) is 1.30. The quantitative estimate of drug-likeness (QED) is 0.509. The summed E-state index contributed by atoms with van der Waals surface area (Å²) in [6.07, 6.45) is 0. The fraction of sp³-hybridized carbons (Fsp3) is 0. The molecule has 0 aliphatic heterocycles. The number of hydrogen-bond donors (Lipinski definition) is 1. The molecular formula is H2Cl2O2P+. The third kappa shape index (κ3) is 79.0. The molecule has 0 aliphatic carbocycles. The van der Waals surface area contributed by atoms with Gasteiger partial charge in [-0.2, -0.15) is 0 Å². The highest BCUT2D eigenvalue weighted by Crippen LogP contribution is 2.17. The Balaban J connectivity index is 0. The van der Waals surface area contributed by atoms with Crippen LogP contribution >= 0.6 is 31.0 Å². The van der Waals surface area contributed by atoms with Crippen molar-refractivity contribution in [2.45, 2.75) is 0 Å². The Bertz CT molecular complexity index is 30.6. The fourth-order valence-corrected chi connectivity index (χ4v) is 0. The number of hydrogen-bond acceptors (Lipinski definition) is 1. The van der Waals surface area contributed by atoms with Gasteiger partial charge in [0, 0.05) is 0 Å². The summed E-state index contributed by atoms with van der Waals surface area (Å²) >= 11 is 4.34. The molecule has 0 aliphatic rings. The van der Waals surface area contributed by atoms with Crippen LogP contribution in [0.2, 0.25) is 0 Å². The van der Waals surface area contributed by atoms with Crippen LogP contribution in [0.3, 0.4) is 0 Å². The van der Waals surface area contributed by atoms with Crippen molar-refractivity contribution < 1.29 is 9.46 Å². The second kappa shape index (κ2) is 4.64. The third-order valence-corrected chi connectivity index (χ3v) is 0. The molecule has 0 bridgehead atoms. The molecule has 5 heteroatoms. The largest absolute Gasteiger partial charge is 0.631 e. The van der Waals surface area contributed by atoms with Crippen molar-refractivity contribution in [2.75, 3.05) is 0 Å². The lowest BCUT2D eigenvalue weighted by Gasteiger charge is -1.29. The maximum absolute atomic E-state index is 8.91. The molecule has 0 saturated heterocycles. The van der Waals surface area contributed by atoms with Gasteiger partial charge in [0.05, 0.1) is 0 Å². The summed E-state index contributed by atoms with van der Waals surface area (Å²) in [6.45, 7) is 0. The molecule has 1 unspecified atom stereocenters. The average molecular weight is 136 g/mol. The minimum Gasteiger partial charge on any atom is -0.147 e. The van der Waals surface area contributed by atoms with Gasteiger partial charge in [0.25, 0.3) is 0 Å². The first kappa shape index (κ1) is 9.16. The van der Waals surface area contributed by atoms with Crippen LogP contribution in [-0.2, 0) is 4.57 Å². The summed E-state index contributed by atoms with van der Waals surface area (Å²) in [6, 6.07) is 0. The Morgan fingerprint density at radius 1 is 1.80 bits per heavy atom. The topological polar surface area (TPSA) is 37.3 Å². The van der Waals surface area contributed by atoms with E-state index < -0.39 is 7.38 Å². The van der Waals surface area contributed by atoms with Crippen molar-refractivity contribution in [3.63, 3.8) is 0 Å². The van der Waals surface area contributed by atoms with Crippen LogP contribution in [0.4, 0.5) is 0 Å². The van der Waals surface area contributed by atoms with Crippen LogP contribution < -0.4 is 0 Å². The zero-order chi connectivity index (χ0) is 3.58. The zero-order valence-corrected chi connectivity index (χ0v) is 4.56. The summed E-state index contributed by atoms with van der Waals surface area (Å²) < 4.78 is 8.91. The van der Waals surface area contributed by atoms with Crippen molar-refractivity contribution in [1.29, 1.82) is 0 Å². The van der Waals surface area contributed by atoms with E-state index in [0.717, 1.165) is 0 Å². The maximum Gasteiger partial charge on any atom is 0.631 e. The lowest BCUT2D eigenvalue weighted by Crippen LogP contribution is -1.21. The molecule has 1 N–H and O–H groups in total. The molecule has 2 nitrogen and oxygen atoms in total. The van der Waals surface area contributed by atoms with Gasteiger partial charge in [-0.25, -0.2) is 0 Å². The SMILES string of the molecule is Cl.O=[P+](O)Cl. The normalized spacial score (nSPS) is 8.80. The maximum atomic E-state index is 8.91. The summed E-state index contributed by atoms with van der Waals surface area (Å²) in [7, 11) is -2.40. The summed E-state index contributed by atoms with van der Waals surface area (Å²) in [5, 5.41) is 0. The highest BCUT2D eigenvalue weighted by molar-refractivity contribution is 7.68. The Kier molecular flexibility index (Phi) is 8.50. The van der Waals surface area contributed by atoms with Gasteiger partial charge in [-0.05, 0) is 4.57 Å². The first-order valence-electron chi connectivity index (χ1n) is 0.552. The van der Waals surface area contributed by atoms with E-state index in [4.69, 9.17) is 9.46 Å². The standard InChI is InChI=1S/ClO2P.ClH/c1-4(2)3;/h;1H/p+1. The Labute approximate surface area is 41.2 Å². The van der Waals surface area contributed by atoms with E-state index in [9.17, 15) is 0 Å². The Hall–Kier alpha value is 0.640. The number of rotatable bonds is 0.